The first kappa shape index (κ1) is 14.0. The summed E-state index contributed by atoms with van der Waals surface area (Å²) in [4.78, 5) is 8.71. The van der Waals surface area contributed by atoms with E-state index in [0.717, 1.165) is 23.1 Å². The van der Waals surface area contributed by atoms with Crippen LogP contribution in [0.2, 0.25) is 0 Å². The van der Waals surface area contributed by atoms with Crippen molar-refractivity contribution in [1.82, 2.24) is 15.3 Å². The van der Waals surface area contributed by atoms with Gasteiger partial charge in [-0.25, -0.2) is 9.97 Å². The van der Waals surface area contributed by atoms with Gasteiger partial charge in [-0.15, -0.1) is 0 Å². The first-order chi connectivity index (χ1) is 9.29. The van der Waals surface area contributed by atoms with Crippen molar-refractivity contribution < 1.29 is 0 Å². The van der Waals surface area contributed by atoms with Crippen LogP contribution in [0.4, 0.5) is 0 Å². The van der Waals surface area contributed by atoms with Gasteiger partial charge in [0.2, 0.25) is 0 Å². The van der Waals surface area contributed by atoms with Crippen LogP contribution in [-0.2, 0) is 0 Å². The number of benzene rings is 1. The van der Waals surface area contributed by atoms with E-state index in [4.69, 9.17) is 0 Å². The summed E-state index contributed by atoms with van der Waals surface area (Å²) in [5.41, 5.74) is 2.32. The second-order valence-electron chi connectivity index (χ2n) is 4.31. The Kier molecular flexibility index (Phi) is 5.36. The summed E-state index contributed by atoms with van der Waals surface area (Å²) in [7, 11) is 0. The molecule has 3 nitrogen and oxygen atoms in total. The van der Waals surface area contributed by atoms with E-state index in [9.17, 15) is 0 Å². The van der Waals surface area contributed by atoms with E-state index in [1.165, 1.54) is 5.56 Å². The third-order valence-corrected chi connectivity index (χ3v) is 3.76. The average Bonchev–Trinajstić information content (AvgIpc) is 2.44. The number of thioether (sulfide) groups is 1. The quantitative estimate of drug-likeness (QED) is 0.648. The lowest BCUT2D eigenvalue weighted by atomic mass is 10.1. The number of hydrogen-bond acceptors (Lipinski definition) is 4. The molecule has 1 unspecified atom stereocenters. The van der Waals surface area contributed by atoms with E-state index in [-0.39, 0.29) is 0 Å². The molecule has 1 heterocycles. The second-order valence-corrected chi connectivity index (χ2v) is 5.30. The van der Waals surface area contributed by atoms with Crippen LogP contribution in [0, 0.1) is 6.92 Å². The number of aryl methyl sites for hydroxylation is 1. The Labute approximate surface area is 118 Å². The fraction of sp³-hybridized carbons (Fsp3) is 0.333. The first-order valence-corrected chi connectivity index (χ1v) is 7.49. The molecule has 1 aromatic heterocycles. The number of nitrogens with zero attached hydrogens (tertiary/aromatic N) is 2. The van der Waals surface area contributed by atoms with Crippen molar-refractivity contribution in [3.63, 3.8) is 0 Å². The molecule has 0 bridgehead atoms. The summed E-state index contributed by atoms with van der Waals surface area (Å²) in [5.74, 6) is 0.932. The average molecular weight is 273 g/mol. The molecule has 0 spiro atoms. The third-order valence-electron chi connectivity index (χ3n) is 2.80. The summed E-state index contributed by atoms with van der Waals surface area (Å²) >= 11 is 1.69. The van der Waals surface area contributed by atoms with Crippen molar-refractivity contribution in [3.05, 3.63) is 53.9 Å². The smallest absolute Gasteiger partial charge is 0.187 e. The molecule has 0 aliphatic rings. The van der Waals surface area contributed by atoms with Crippen LogP contribution in [0.1, 0.15) is 24.2 Å². The molecule has 19 heavy (non-hydrogen) atoms. The predicted molar refractivity (Wildman–Crippen MR) is 80.4 cm³/mol. The van der Waals surface area contributed by atoms with Crippen molar-refractivity contribution in [1.29, 1.82) is 0 Å². The largest absolute Gasteiger partial charge is 0.309 e. The van der Waals surface area contributed by atoms with Gasteiger partial charge in [0.25, 0.3) is 0 Å². The maximum atomic E-state index is 4.42. The first-order valence-electron chi connectivity index (χ1n) is 6.50. The summed E-state index contributed by atoms with van der Waals surface area (Å²) < 4.78 is 0. The molecule has 0 saturated carbocycles. The van der Waals surface area contributed by atoms with Crippen molar-refractivity contribution in [2.24, 2.45) is 0 Å². The molecule has 1 aromatic carbocycles. The molecule has 1 N–H and O–H groups in total. The van der Waals surface area contributed by atoms with Crippen LogP contribution >= 0.6 is 11.8 Å². The van der Waals surface area contributed by atoms with E-state index in [2.05, 4.69) is 46.5 Å². The van der Waals surface area contributed by atoms with Crippen molar-refractivity contribution in [2.75, 3.05) is 12.3 Å². The highest BCUT2D eigenvalue weighted by molar-refractivity contribution is 7.99. The zero-order chi connectivity index (χ0) is 13.5. The van der Waals surface area contributed by atoms with E-state index >= 15 is 0 Å². The highest BCUT2D eigenvalue weighted by Crippen LogP contribution is 2.22. The minimum Gasteiger partial charge on any atom is -0.309 e. The molecule has 2 aromatic rings. The summed E-state index contributed by atoms with van der Waals surface area (Å²) in [6.45, 7) is 5.07. The normalized spacial score (nSPS) is 12.3. The summed E-state index contributed by atoms with van der Waals surface area (Å²) in [6, 6.07) is 12.8. The van der Waals surface area contributed by atoms with Crippen LogP contribution in [0.15, 0.2) is 47.8 Å². The minimum absolute atomic E-state index is 0.334. The van der Waals surface area contributed by atoms with Gasteiger partial charge in [-0.05, 0) is 25.1 Å². The zero-order valence-electron chi connectivity index (χ0n) is 11.3. The monoisotopic (exact) mass is 273 g/mol. The van der Waals surface area contributed by atoms with Gasteiger partial charge in [0.15, 0.2) is 5.16 Å². The van der Waals surface area contributed by atoms with Crippen LogP contribution in [0.3, 0.4) is 0 Å². The molecule has 0 radical (unpaired) electrons. The number of hydrogen-bond donors (Lipinski definition) is 1. The standard InChI is InChI=1S/C15H19N3S/c1-3-16-14(13-7-5-4-6-8-13)11-19-15-17-10-9-12(2)18-15/h4-10,14,16H,3,11H2,1-2H3. The molecule has 1 atom stereocenters. The second kappa shape index (κ2) is 7.26. The lowest BCUT2D eigenvalue weighted by Crippen LogP contribution is -2.23. The Hall–Kier alpha value is -1.39. The van der Waals surface area contributed by atoms with Crippen molar-refractivity contribution >= 4 is 11.8 Å². The van der Waals surface area contributed by atoms with Gasteiger partial charge in [-0.1, -0.05) is 49.0 Å². The molecule has 0 fully saturated rings. The molecule has 2 rings (SSSR count). The fourth-order valence-corrected chi connectivity index (χ4v) is 2.83. The Morgan fingerprint density at radius 2 is 2.00 bits per heavy atom. The van der Waals surface area contributed by atoms with Crippen molar-refractivity contribution in [2.45, 2.75) is 25.0 Å². The molecule has 100 valence electrons. The summed E-state index contributed by atoms with van der Waals surface area (Å²) in [6.07, 6.45) is 1.81. The Morgan fingerprint density at radius 3 is 2.68 bits per heavy atom. The maximum Gasteiger partial charge on any atom is 0.187 e. The van der Waals surface area contributed by atoms with Gasteiger partial charge < -0.3 is 5.32 Å². The summed E-state index contributed by atoms with van der Waals surface area (Å²) in [5, 5.41) is 4.35. The van der Waals surface area contributed by atoms with E-state index in [0.29, 0.717) is 6.04 Å². The van der Waals surface area contributed by atoms with Gasteiger partial charge in [-0.2, -0.15) is 0 Å². The highest BCUT2D eigenvalue weighted by Gasteiger charge is 2.11. The topological polar surface area (TPSA) is 37.8 Å². The zero-order valence-corrected chi connectivity index (χ0v) is 12.2. The Morgan fingerprint density at radius 1 is 1.21 bits per heavy atom. The SMILES string of the molecule is CCNC(CSc1nccc(C)n1)c1ccccc1. The lowest BCUT2D eigenvalue weighted by Gasteiger charge is -2.17. The molecular formula is C15H19N3S. The highest BCUT2D eigenvalue weighted by atomic mass is 32.2. The number of aromatic nitrogens is 2. The van der Waals surface area contributed by atoms with Crippen LogP contribution in [0.25, 0.3) is 0 Å². The maximum absolute atomic E-state index is 4.42. The van der Waals surface area contributed by atoms with E-state index < -0.39 is 0 Å². The lowest BCUT2D eigenvalue weighted by molar-refractivity contribution is 0.605. The predicted octanol–water partition coefficient (Wildman–Crippen LogP) is 3.23. The molecule has 4 heteroatoms. The Balaban J connectivity index is 2.01. The van der Waals surface area contributed by atoms with Gasteiger partial charge in [0.05, 0.1) is 0 Å². The van der Waals surface area contributed by atoms with E-state index in [1.54, 1.807) is 11.8 Å². The van der Waals surface area contributed by atoms with Gasteiger partial charge in [-0.3, -0.25) is 0 Å². The fourth-order valence-electron chi connectivity index (χ4n) is 1.86. The van der Waals surface area contributed by atoms with Crippen LogP contribution < -0.4 is 5.32 Å². The molecule has 0 aliphatic heterocycles. The van der Waals surface area contributed by atoms with Gasteiger partial charge in [0.1, 0.15) is 0 Å². The van der Waals surface area contributed by atoms with Crippen LogP contribution in [-0.4, -0.2) is 22.3 Å². The van der Waals surface area contributed by atoms with Crippen molar-refractivity contribution in [3.8, 4) is 0 Å². The number of nitrogens with one attached hydrogen (secondary N) is 1. The number of rotatable bonds is 6. The molecule has 0 amide bonds. The molecular weight excluding hydrogens is 254 g/mol. The van der Waals surface area contributed by atoms with Gasteiger partial charge >= 0.3 is 0 Å². The van der Waals surface area contributed by atoms with Gasteiger partial charge in [0, 0.05) is 23.7 Å². The van der Waals surface area contributed by atoms with E-state index in [1.807, 2.05) is 25.3 Å². The van der Waals surface area contributed by atoms with Crippen LogP contribution in [0.5, 0.6) is 0 Å². The molecule has 0 saturated heterocycles. The molecule has 0 aliphatic carbocycles. The third kappa shape index (κ3) is 4.33. The Bertz CT molecular complexity index is 502. The minimum atomic E-state index is 0.334.